The highest BCUT2D eigenvalue weighted by Gasteiger charge is 2.28. The molecular weight excluding hydrogens is 160 g/mol. The molecule has 0 spiro atoms. The Bertz CT molecular complexity index is 304. The van der Waals surface area contributed by atoms with Crippen LogP contribution in [0.5, 0.6) is 0 Å². The van der Waals surface area contributed by atoms with Crippen molar-refractivity contribution < 1.29 is 4.79 Å². The smallest absolute Gasteiger partial charge is 0.260 e. The lowest BCUT2D eigenvalue weighted by atomic mass is 10.1. The van der Waals surface area contributed by atoms with Gasteiger partial charge in [0.1, 0.15) is 11.8 Å². The van der Waals surface area contributed by atoms with Crippen LogP contribution in [0.25, 0.3) is 0 Å². The summed E-state index contributed by atoms with van der Waals surface area (Å²) in [6.45, 7) is 1.74. The van der Waals surface area contributed by atoms with Gasteiger partial charge in [-0.25, -0.2) is 4.99 Å². The number of carbonyl (C=O) groups is 1. The molecule has 2 aliphatic rings. The first-order valence-electron chi connectivity index (χ1n) is 3.28. The van der Waals surface area contributed by atoms with Crippen LogP contribution < -0.4 is 0 Å². The van der Waals surface area contributed by atoms with Gasteiger partial charge in [0.2, 0.25) is 0 Å². The summed E-state index contributed by atoms with van der Waals surface area (Å²) >= 11 is 1.50. The quantitative estimate of drug-likeness (QED) is 0.543. The fourth-order valence-corrected chi connectivity index (χ4v) is 1.93. The standard InChI is InChI=1S/C7H6N2OS/c1-4-8-6(10)5-2-3-11-7(5)9-4/h2-3,5H,1H3. The molecule has 0 saturated carbocycles. The van der Waals surface area contributed by atoms with Crippen LogP contribution in [-0.4, -0.2) is 16.8 Å². The van der Waals surface area contributed by atoms with Crippen LogP contribution in [0, 0.1) is 5.92 Å². The van der Waals surface area contributed by atoms with Crippen LogP contribution in [0.3, 0.4) is 0 Å². The SMILES string of the molecule is CC1=NC(=O)C2C=CSC2=N1. The van der Waals surface area contributed by atoms with Crippen molar-refractivity contribution in [3.05, 3.63) is 11.5 Å². The van der Waals surface area contributed by atoms with Gasteiger partial charge in [-0.2, -0.15) is 4.99 Å². The van der Waals surface area contributed by atoms with E-state index in [0.717, 1.165) is 5.04 Å². The number of rotatable bonds is 0. The minimum Gasteiger partial charge on any atom is -0.271 e. The number of thioether (sulfide) groups is 1. The number of amidine groups is 1. The Kier molecular flexibility index (Phi) is 1.42. The predicted octanol–water partition coefficient (Wildman–Crippen LogP) is 1.22. The summed E-state index contributed by atoms with van der Waals surface area (Å²) in [5.41, 5.74) is 0. The number of hydrogen-bond donors (Lipinski definition) is 0. The molecule has 2 aliphatic heterocycles. The Hall–Kier alpha value is -0.900. The van der Waals surface area contributed by atoms with Gasteiger partial charge in [0.25, 0.3) is 5.91 Å². The highest BCUT2D eigenvalue weighted by molar-refractivity contribution is 8.16. The molecule has 0 bridgehead atoms. The Morgan fingerprint density at radius 1 is 1.55 bits per heavy atom. The van der Waals surface area contributed by atoms with E-state index in [1.165, 1.54) is 11.8 Å². The number of nitrogens with zero attached hydrogens (tertiary/aromatic N) is 2. The molecular formula is C7H6N2OS. The molecule has 0 fully saturated rings. The molecule has 2 rings (SSSR count). The Labute approximate surface area is 68.3 Å². The highest BCUT2D eigenvalue weighted by atomic mass is 32.2. The Morgan fingerprint density at radius 2 is 2.36 bits per heavy atom. The predicted molar refractivity (Wildman–Crippen MR) is 45.8 cm³/mol. The Balaban J connectivity index is 2.41. The number of carbonyl (C=O) groups excluding carboxylic acids is 1. The van der Waals surface area contributed by atoms with E-state index in [4.69, 9.17) is 0 Å². The maximum Gasteiger partial charge on any atom is 0.260 e. The van der Waals surface area contributed by atoms with Crippen molar-refractivity contribution in [3.8, 4) is 0 Å². The molecule has 1 amide bonds. The molecule has 0 aliphatic carbocycles. The average Bonchev–Trinajstić information content (AvgIpc) is 2.34. The van der Waals surface area contributed by atoms with Gasteiger partial charge in [-0.3, -0.25) is 4.79 Å². The van der Waals surface area contributed by atoms with Crippen molar-refractivity contribution in [1.29, 1.82) is 0 Å². The summed E-state index contributed by atoms with van der Waals surface area (Å²) in [5, 5.41) is 2.75. The van der Waals surface area contributed by atoms with Gasteiger partial charge in [0, 0.05) is 0 Å². The van der Waals surface area contributed by atoms with Crippen molar-refractivity contribution in [2.45, 2.75) is 6.92 Å². The monoisotopic (exact) mass is 166 g/mol. The zero-order chi connectivity index (χ0) is 7.84. The van der Waals surface area contributed by atoms with E-state index in [2.05, 4.69) is 9.98 Å². The summed E-state index contributed by atoms with van der Waals surface area (Å²) in [6, 6.07) is 0. The van der Waals surface area contributed by atoms with E-state index in [-0.39, 0.29) is 11.8 Å². The fraction of sp³-hybridized carbons (Fsp3) is 0.286. The number of fused-ring (bicyclic) bond motifs is 1. The van der Waals surface area contributed by atoms with Crippen molar-refractivity contribution in [2.75, 3.05) is 0 Å². The van der Waals surface area contributed by atoms with E-state index < -0.39 is 0 Å². The lowest BCUT2D eigenvalue weighted by Crippen LogP contribution is -2.21. The molecule has 0 saturated heterocycles. The van der Waals surface area contributed by atoms with Crippen molar-refractivity contribution >= 4 is 28.5 Å². The largest absolute Gasteiger partial charge is 0.271 e. The van der Waals surface area contributed by atoms with E-state index in [0.29, 0.717) is 5.84 Å². The topological polar surface area (TPSA) is 41.8 Å². The molecule has 11 heavy (non-hydrogen) atoms. The van der Waals surface area contributed by atoms with Gasteiger partial charge in [0.05, 0.1) is 5.04 Å². The normalized spacial score (nSPS) is 28.1. The first kappa shape index (κ1) is 6.79. The zero-order valence-corrected chi connectivity index (χ0v) is 6.76. The second-order valence-electron chi connectivity index (χ2n) is 2.37. The lowest BCUT2D eigenvalue weighted by molar-refractivity contribution is -0.118. The van der Waals surface area contributed by atoms with E-state index in [1.807, 2.05) is 11.5 Å². The van der Waals surface area contributed by atoms with Crippen LogP contribution in [0.1, 0.15) is 6.92 Å². The summed E-state index contributed by atoms with van der Waals surface area (Å²) < 4.78 is 0. The van der Waals surface area contributed by atoms with Crippen molar-refractivity contribution in [1.82, 2.24) is 0 Å². The molecule has 4 heteroatoms. The van der Waals surface area contributed by atoms with Gasteiger partial charge in [-0.1, -0.05) is 17.8 Å². The molecule has 3 nitrogen and oxygen atoms in total. The van der Waals surface area contributed by atoms with Crippen LogP contribution >= 0.6 is 11.8 Å². The molecule has 0 radical (unpaired) electrons. The lowest BCUT2D eigenvalue weighted by Gasteiger charge is -2.09. The Morgan fingerprint density at radius 3 is 3.18 bits per heavy atom. The third-order valence-corrected chi connectivity index (χ3v) is 2.42. The third kappa shape index (κ3) is 1.03. The maximum absolute atomic E-state index is 11.2. The highest BCUT2D eigenvalue weighted by Crippen LogP contribution is 2.27. The second-order valence-corrected chi connectivity index (χ2v) is 3.30. The zero-order valence-electron chi connectivity index (χ0n) is 5.94. The van der Waals surface area contributed by atoms with E-state index in [9.17, 15) is 4.79 Å². The maximum atomic E-state index is 11.2. The van der Waals surface area contributed by atoms with Crippen molar-refractivity contribution in [3.63, 3.8) is 0 Å². The summed E-state index contributed by atoms with van der Waals surface area (Å²) in [5.74, 6) is 0.301. The van der Waals surface area contributed by atoms with Gasteiger partial charge < -0.3 is 0 Å². The van der Waals surface area contributed by atoms with Crippen molar-refractivity contribution in [2.24, 2.45) is 15.9 Å². The first-order valence-corrected chi connectivity index (χ1v) is 4.16. The second kappa shape index (κ2) is 2.30. The molecule has 0 N–H and O–H groups in total. The van der Waals surface area contributed by atoms with Gasteiger partial charge in [-0.15, -0.1) is 0 Å². The molecule has 0 aromatic heterocycles. The van der Waals surface area contributed by atoms with Crippen LogP contribution in [0.2, 0.25) is 0 Å². The molecule has 56 valence electrons. The molecule has 2 heterocycles. The van der Waals surface area contributed by atoms with E-state index in [1.54, 1.807) is 6.92 Å². The fourth-order valence-electron chi connectivity index (χ4n) is 1.04. The van der Waals surface area contributed by atoms with Gasteiger partial charge in [0.15, 0.2) is 0 Å². The third-order valence-electron chi connectivity index (χ3n) is 1.54. The number of aliphatic imine (C=N–C) groups is 2. The van der Waals surface area contributed by atoms with Gasteiger partial charge in [-0.05, 0) is 12.3 Å². The van der Waals surface area contributed by atoms with Crippen LogP contribution in [-0.2, 0) is 4.79 Å². The van der Waals surface area contributed by atoms with Crippen LogP contribution in [0.4, 0.5) is 0 Å². The average molecular weight is 166 g/mol. The number of amides is 1. The summed E-state index contributed by atoms with van der Waals surface area (Å²) in [4.78, 5) is 19.0. The minimum atomic E-state index is -0.177. The summed E-state index contributed by atoms with van der Waals surface area (Å²) in [7, 11) is 0. The minimum absolute atomic E-state index is 0.0891. The summed E-state index contributed by atoms with van der Waals surface area (Å²) in [6.07, 6.45) is 1.84. The molecule has 0 aromatic carbocycles. The first-order chi connectivity index (χ1) is 5.27. The molecule has 1 unspecified atom stereocenters. The molecule has 1 atom stereocenters. The molecule has 0 aromatic rings. The van der Waals surface area contributed by atoms with Crippen LogP contribution in [0.15, 0.2) is 21.5 Å². The van der Waals surface area contributed by atoms with Gasteiger partial charge >= 0.3 is 0 Å². The van der Waals surface area contributed by atoms with E-state index >= 15 is 0 Å². The number of hydrogen-bond acceptors (Lipinski definition) is 3.